The Morgan fingerprint density at radius 1 is 0.643 bits per heavy atom. The molecule has 0 amide bonds. The van der Waals surface area contributed by atoms with Gasteiger partial charge >= 0.3 is 0 Å². The van der Waals surface area contributed by atoms with E-state index >= 15 is 0 Å². The minimum absolute atomic E-state index is 1.01. The van der Waals surface area contributed by atoms with Gasteiger partial charge in [0.2, 0.25) is 0 Å². The van der Waals surface area contributed by atoms with E-state index in [-0.39, 0.29) is 0 Å². The largest absolute Gasteiger partial charge is 0.0622 e. The molecule has 0 heterocycles. The van der Waals surface area contributed by atoms with Gasteiger partial charge < -0.3 is 0 Å². The number of fused-ring (bicyclic) bond motifs is 4. The van der Waals surface area contributed by atoms with Crippen molar-refractivity contribution in [3.63, 3.8) is 0 Å². The molecule has 0 radical (unpaired) electrons. The van der Waals surface area contributed by atoms with Crippen molar-refractivity contribution in [1.82, 2.24) is 0 Å². The first kappa shape index (κ1) is 9.24. The van der Waals surface area contributed by atoms with E-state index in [4.69, 9.17) is 0 Å². The fourth-order valence-corrected chi connectivity index (χ4v) is 5.24. The molecule has 3 rings (SSSR count). The van der Waals surface area contributed by atoms with E-state index in [0.29, 0.717) is 0 Å². The summed E-state index contributed by atoms with van der Waals surface area (Å²) in [5, 5.41) is 0. The van der Waals surface area contributed by atoms with Gasteiger partial charge in [0.15, 0.2) is 0 Å². The van der Waals surface area contributed by atoms with Gasteiger partial charge in [-0.2, -0.15) is 0 Å². The van der Waals surface area contributed by atoms with E-state index in [1.807, 2.05) is 0 Å². The Hall–Kier alpha value is 0. The third kappa shape index (κ3) is 0.907. The molecule has 80 valence electrons. The van der Waals surface area contributed by atoms with Crippen LogP contribution in [-0.2, 0) is 0 Å². The van der Waals surface area contributed by atoms with Crippen LogP contribution in [0.4, 0.5) is 0 Å². The van der Waals surface area contributed by atoms with Crippen LogP contribution in [0.25, 0.3) is 0 Å². The Morgan fingerprint density at radius 2 is 1.00 bits per heavy atom. The van der Waals surface area contributed by atoms with Gasteiger partial charge in [-0.05, 0) is 60.2 Å². The van der Waals surface area contributed by atoms with Crippen molar-refractivity contribution < 1.29 is 0 Å². The van der Waals surface area contributed by atoms with Crippen LogP contribution in [0.2, 0.25) is 0 Å². The van der Waals surface area contributed by atoms with Crippen LogP contribution in [0.15, 0.2) is 0 Å². The van der Waals surface area contributed by atoms with E-state index in [2.05, 4.69) is 27.7 Å². The van der Waals surface area contributed by atoms with E-state index in [0.717, 1.165) is 47.3 Å². The molecule has 0 saturated heterocycles. The molecule has 0 aromatic heterocycles. The summed E-state index contributed by atoms with van der Waals surface area (Å²) < 4.78 is 0. The molecular formula is C14H24. The normalized spacial score (nSPS) is 66.0. The molecule has 5 unspecified atom stereocenters. The van der Waals surface area contributed by atoms with Crippen LogP contribution < -0.4 is 0 Å². The molecule has 0 heteroatoms. The fraction of sp³-hybridized carbons (Fsp3) is 1.00. The average molecular weight is 192 g/mol. The molecule has 0 spiro atoms. The molecule has 3 aliphatic carbocycles. The van der Waals surface area contributed by atoms with Crippen LogP contribution in [0.1, 0.15) is 40.5 Å². The molecule has 0 N–H and O–H groups in total. The molecular weight excluding hydrogens is 168 g/mol. The van der Waals surface area contributed by atoms with Gasteiger partial charge in [0.25, 0.3) is 0 Å². The van der Waals surface area contributed by atoms with Crippen molar-refractivity contribution >= 4 is 0 Å². The first-order chi connectivity index (χ1) is 6.61. The third-order valence-electron chi connectivity index (χ3n) is 6.27. The highest BCUT2D eigenvalue weighted by molar-refractivity contribution is 5.09. The second-order valence-corrected chi connectivity index (χ2v) is 6.63. The van der Waals surface area contributed by atoms with Crippen molar-refractivity contribution in [3.05, 3.63) is 0 Å². The van der Waals surface area contributed by atoms with Crippen molar-refractivity contribution in [3.8, 4) is 0 Å². The second-order valence-electron chi connectivity index (χ2n) is 6.63. The van der Waals surface area contributed by atoms with Gasteiger partial charge in [-0.15, -0.1) is 0 Å². The third-order valence-corrected chi connectivity index (χ3v) is 6.27. The molecule has 0 aliphatic heterocycles. The van der Waals surface area contributed by atoms with Crippen LogP contribution in [0.3, 0.4) is 0 Å². The maximum absolute atomic E-state index is 2.51. The minimum atomic E-state index is 1.01. The maximum atomic E-state index is 2.51. The molecule has 8 atom stereocenters. The highest BCUT2D eigenvalue weighted by Gasteiger charge is 2.61. The van der Waals surface area contributed by atoms with E-state index in [1.54, 1.807) is 12.8 Å². The predicted molar refractivity (Wildman–Crippen MR) is 59.9 cm³/mol. The van der Waals surface area contributed by atoms with E-state index < -0.39 is 0 Å². The van der Waals surface area contributed by atoms with Crippen LogP contribution in [-0.4, -0.2) is 0 Å². The van der Waals surface area contributed by atoms with E-state index in [9.17, 15) is 0 Å². The lowest BCUT2D eigenvalue weighted by atomic mass is 9.56. The van der Waals surface area contributed by atoms with Gasteiger partial charge in [0.05, 0.1) is 0 Å². The Labute approximate surface area is 88.5 Å². The van der Waals surface area contributed by atoms with Gasteiger partial charge in [-0.3, -0.25) is 0 Å². The number of hydrogen-bond donors (Lipinski definition) is 0. The zero-order chi connectivity index (χ0) is 10.0. The lowest BCUT2D eigenvalue weighted by Crippen LogP contribution is -2.44. The zero-order valence-electron chi connectivity index (χ0n) is 10.0. The van der Waals surface area contributed by atoms with Crippen molar-refractivity contribution in [2.24, 2.45) is 47.3 Å². The summed E-state index contributed by atoms with van der Waals surface area (Å²) in [5.41, 5.74) is 0. The van der Waals surface area contributed by atoms with Gasteiger partial charge in [0.1, 0.15) is 0 Å². The standard InChI is InChI=1S/C14H24/c1-7-5-11-13(9(7)3)12-6-8(2)10(4)14(11)12/h7-14H,5-6H2,1-4H3/t7-,8-,9-,10?,11?,12?,13?,14?/m1/s1. The first-order valence-corrected chi connectivity index (χ1v) is 6.61. The predicted octanol–water partition coefficient (Wildman–Crippen LogP) is 3.82. The fourth-order valence-electron chi connectivity index (χ4n) is 5.24. The Morgan fingerprint density at radius 3 is 1.36 bits per heavy atom. The molecule has 3 aliphatic rings. The smallest absolute Gasteiger partial charge is 0.0323 e. The average Bonchev–Trinajstić information content (AvgIpc) is 2.49. The number of hydrogen-bond acceptors (Lipinski definition) is 0. The minimum Gasteiger partial charge on any atom is -0.0622 e. The van der Waals surface area contributed by atoms with Gasteiger partial charge in [-0.25, -0.2) is 0 Å². The highest BCUT2D eigenvalue weighted by atomic mass is 14.7. The second kappa shape index (κ2) is 2.77. The summed E-state index contributed by atoms with van der Waals surface area (Å²) in [6.45, 7) is 9.98. The molecule has 3 fully saturated rings. The lowest BCUT2D eigenvalue weighted by Gasteiger charge is -2.49. The highest BCUT2D eigenvalue weighted by Crippen LogP contribution is 2.67. The molecule has 0 aromatic rings. The summed E-state index contributed by atoms with van der Waals surface area (Å²) in [6, 6.07) is 0. The van der Waals surface area contributed by atoms with Crippen molar-refractivity contribution in [2.75, 3.05) is 0 Å². The van der Waals surface area contributed by atoms with E-state index in [1.165, 1.54) is 0 Å². The van der Waals surface area contributed by atoms with Gasteiger partial charge in [0, 0.05) is 0 Å². The summed E-state index contributed by atoms with van der Waals surface area (Å²) in [7, 11) is 0. The van der Waals surface area contributed by atoms with Crippen LogP contribution >= 0.6 is 0 Å². The lowest BCUT2D eigenvalue weighted by molar-refractivity contribution is -0.0132. The van der Waals surface area contributed by atoms with Crippen molar-refractivity contribution in [1.29, 1.82) is 0 Å². The Bertz CT molecular complexity index is 210. The summed E-state index contributed by atoms with van der Waals surface area (Å²) in [5.74, 6) is 8.59. The molecule has 0 bridgehead atoms. The Balaban J connectivity index is 1.83. The van der Waals surface area contributed by atoms with Crippen LogP contribution in [0.5, 0.6) is 0 Å². The van der Waals surface area contributed by atoms with Crippen molar-refractivity contribution in [2.45, 2.75) is 40.5 Å². The maximum Gasteiger partial charge on any atom is -0.0323 e. The summed E-state index contributed by atoms with van der Waals surface area (Å²) in [4.78, 5) is 0. The summed E-state index contributed by atoms with van der Waals surface area (Å²) >= 11 is 0. The Kier molecular flexibility index (Phi) is 1.83. The monoisotopic (exact) mass is 192 g/mol. The van der Waals surface area contributed by atoms with Crippen LogP contribution in [0, 0.1) is 47.3 Å². The van der Waals surface area contributed by atoms with Gasteiger partial charge in [-0.1, -0.05) is 27.7 Å². The quantitative estimate of drug-likeness (QED) is 0.547. The summed E-state index contributed by atoms with van der Waals surface area (Å²) in [6.07, 6.45) is 3.09. The topological polar surface area (TPSA) is 0 Å². The molecule has 0 nitrogen and oxygen atoms in total. The molecule has 14 heavy (non-hydrogen) atoms. The zero-order valence-corrected chi connectivity index (χ0v) is 10.0. The first-order valence-electron chi connectivity index (χ1n) is 6.61. The number of rotatable bonds is 0. The molecule has 3 saturated carbocycles. The molecule has 0 aromatic carbocycles. The SMILES string of the molecule is CC1C2C(C[C@H]1C)C1C2C[C@@H](C)[C@H]1C.